The molecule has 0 spiro atoms. The molecule has 5 rings (SSSR count). The van der Waals surface area contributed by atoms with Crippen LogP contribution in [0.2, 0.25) is 0 Å². The molecular formula is C21H21N5O3. The fourth-order valence-electron chi connectivity index (χ4n) is 4.31. The standard InChI is InChI=1S/C21H21N5O3/c27-19(13-25-17-7-3-1-5-15(17)22-20(25)28)24-11-9-14(10-12-24)26-18-8-4-2-6-16(18)23-21(26)29/h1-8,14H,9-13H2,(H,22,28)(H,23,29). The van der Waals surface area contributed by atoms with Crippen LogP contribution in [-0.4, -0.2) is 43.0 Å². The van der Waals surface area contributed by atoms with E-state index in [0.29, 0.717) is 25.9 Å². The number of amides is 1. The highest BCUT2D eigenvalue weighted by atomic mass is 16.2. The number of piperidine rings is 1. The van der Waals surface area contributed by atoms with Crippen LogP contribution < -0.4 is 11.4 Å². The summed E-state index contributed by atoms with van der Waals surface area (Å²) in [6.07, 6.45) is 1.41. The number of carbonyl (C=O) groups is 1. The minimum atomic E-state index is -0.278. The second-order valence-corrected chi connectivity index (χ2v) is 7.46. The summed E-state index contributed by atoms with van der Waals surface area (Å²) >= 11 is 0. The Kier molecular flexibility index (Phi) is 4.12. The number of H-pyrrole nitrogens is 2. The lowest BCUT2D eigenvalue weighted by molar-refractivity contribution is -0.133. The van der Waals surface area contributed by atoms with Gasteiger partial charge >= 0.3 is 11.4 Å². The van der Waals surface area contributed by atoms with Gasteiger partial charge in [0.15, 0.2) is 0 Å². The lowest BCUT2D eigenvalue weighted by atomic mass is 10.0. The number of fused-ring (bicyclic) bond motifs is 2. The van der Waals surface area contributed by atoms with Gasteiger partial charge in [-0.2, -0.15) is 0 Å². The van der Waals surface area contributed by atoms with Crippen molar-refractivity contribution in [2.45, 2.75) is 25.4 Å². The van der Waals surface area contributed by atoms with Crippen molar-refractivity contribution in [3.63, 3.8) is 0 Å². The van der Waals surface area contributed by atoms with Crippen molar-refractivity contribution in [1.29, 1.82) is 0 Å². The van der Waals surface area contributed by atoms with Crippen LogP contribution in [0.4, 0.5) is 0 Å². The molecule has 1 amide bonds. The minimum Gasteiger partial charge on any atom is -0.341 e. The molecule has 2 aromatic heterocycles. The summed E-state index contributed by atoms with van der Waals surface area (Å²) in [5.74, 6) is -0.0819. The van der Waals surface area contributed by atoms with Crippen molar-refractivity contribution in [3.8, 4) is 0 Å². The number of nitrogens with zero attached hydrogens (tertiary/aromatic N) is 3. The van der Waals surface area contributed by atoms with E-state index in [1.807, 2.05) is 48.5 Å². The molecule has 8 heteroatoms. The molecule has 0 atom stereocenters. The van der Waals surface area contributed by atoms with E-state index >= 15 is 0 Å². The quantitative estimate of drug-likeness (QED) is 0.558. The van der Waals surface area contributed by atoms with E-state index in [1.54, 1.807) is 9.47 Å². The van der Waals surface area contributed by atoms with E-state index in [2.05, 4.69) is 9.97 Å². The number of likely N-dealkylation sites (tertiary alicyclic amines) is 1. The van der Waals surface area contributed by atoms with Crippen LogP contribution in [0, 0.1) is 0 Å². The highest BCUT2D eigenvalue weighted by molar-refractivity contribution is 5.80. The van der Waals surface area contributed by atoms with Gasteiger partial charge in [0.2, 0.25) is 5.91 Å². The number of imidazole rings is 2. The van der Waals surface area contributed by atoms with E-state index in [9.17, 15) is 14.4 Å². The summed E-state index contributed by atoms with van der Waals surface area (Å²) < 4.78 is 3.29. The Morgan fingerprint density at radius 2 is 1.45 bits per heavy atom. The fraction of sp³-hybridized carbons (Fsp3) is 0.286. The van der Waals surface area contributed by atoms with Gasteiger partial charge < -0.3 is 14.9 Å². The van der Waals surface area contributed by atoms with Gasteiger partial charge in [-0.1, -0.05) is 24.3 Å². The topological polar surface area (TPSA) is 95.9 Å². The van der Waals surface area contributed by atoms with E-state index < -0.39 is 0 Å². The molecule has 4 aromatic rings. The minimum absolute atomic E-state index is 0.0144. The monoisotopic (exact) mass is 391 g/mol. The fourth-order valence-corrected chi connectivity index (χ4v) is 4.31. The normalized spacial score (nSPS) is 15.4. The summed E-state index contributed by atoms with van der Waals surface area (Å²) in [5.41, 5.74) is 2.79. The van der Waals surface area contributed by atoms with Gasteiger partial charge in [-0.3, -0.25) is 13.9 Å². The summed E-state index contributed by atoms with van der Waals surface area (Å²) in [4.78, 5) is 44.9. The number of aromatic nitrogens is 4. The predicted octanol–water partition coefficient (Wildman–Crippen LogP) is 1.84. The van der Waals surface area contributed by atoms with Crippen LogP contribution in [0.25, 0.3) is 22.1 Å². The Bertz CT molecular complexity index is 1320. The van der Waals surface area contributed by atoms with E-state index in [4.69, 9.17) is 0 Å². The molecule has 2 aromatic carbocycles. The number of aromatic amines is 2. The lowest BCUT2D eigenvalue weighted by Gasteiger charge is -2.32. The maximum absolute atomic E-state index is 12.8. The number of nitrogens with one attached hydrogen (secondary N) is 2. The molecule has 0 aliphatic carbocycles. The summed E-state index contributed by atoms with van der Waals surface area (Å²) in [6, 6.07) is 15.1. The first-order valence-corrected chi connectivity index (χ1v) is 9.76. The lowest BCUT2D eigenvalue weighted by Crippen LogP contribution is -2.42. The zero-order valence-corrected chi connectivity index (χ0v) is 15.8. The van der Waals surface area contributed by atoms with Gasteiger partial charge in [0.05, 0.1) is 22.1 Å². The number of para-hydroxylation sites is 4. The van der Waals surface area contributed by atoms with Gasteiger partial charge in [0.1, 0.15) is 6.54 Å². The maximum atomic E-state index is 12.8. The van der Waals surface area contributed by atoms with Crippen molar-refractivity contribution in [2.24, 2.45) is 0 Å². The van der Waals surface area contributed by atoms with Crippen LogP contribution in [0.3, 0.4) is 0 Å². The summed E-state index contributed by atoms with van der Waals surface area (Å²) in [7, 11) is 0. The Labute approximate surface area is 165 Å². The molecule has 0 unspecified atom stereocenters. The van der Waals surface area contributed by atoms with Crippen LogP contribution >= 0.6 is 0 Å². The van der Waals surface area contributed by atoms with Crippen LogP contribution in [-0.2, 0) is 11.3 Å². The molecule has 1 saturated heterocycles. The van der Waals surface area contributed by atoms with Gasteiger partial charge in [-0.05, 0) is 37.1 Å². The van der Waals surface area contributed by atoms with Crippen molar-refractivity contribution in [2.75, 3.05) is 13.1 Å². The number of rotatable bonds is 3. The molecule has 2 N–H and O–H groups in total. The number of hydrogen-bond donors (Lipinski definition) is 2. The first kappa shape index (κ1) is 17.5. The smallest absolute Gasteiger partial charge is 0.326 e. The third-order valence-corrected chi connectivity index (χ3v) is 5.78. The number of hydrogen-bond acceptors (Lipinski definition) is 3. The van der Waals surface area contributed by atoms with Crippen LogP contribution in [0.1, 0.15) is 18.9 Å². The SMILES string of the molecule is O=C(Cn1c(=O)[nH]c2ccccc21)N1CCC(n2c(=O)[nH]c3ccccc32)CC1. The Morgan fingerprint density at radius 3 is 2.17 bits per heavy atom. The first-order valence-electron chi connectivity index (χ1n) is 9.76. The predicted molar refractivity (Wildman–Crippen MR) is 110 cm³/mol. The van der Waals surface area contributed by atoms with Crippen molar-refractivity contribution in [1.82, 2.24) is 24.0 Å². The molecule has 3 heterocycles. The van der Waals surface area contributed by atoms with Crippen LogP contribution in [0.15, 0.2) is 58.1 Å². The second-order valence-electron chi connectivity index (χ2n) is 7.46. The highest BCUT2D eigenvalue weighted by Gasteiger charge is 2.26. The molecule has 29 heavy (non-hydrogen) atoms. The molecule has 1 aliphatic rings. The molecule has 0 radical (unpaired) electrons. The van der Waals surface area contributed by atoms with E-state index in [1.165, 1.54) is 4.57 Å². The van der Waals surface area contributed by atoms with Gasteiger partial charge in [0.25, 0.3) is 0 Å². The Morgan fingerprint density at radius 1 is 0.862 bits per heavy atom. The summed E-state index contributed by atoms with van der Waals surface area (Å²) in [6.45, 7) is 1.14. The average Bonchev–Trinajstić information content (AvgIpc) is 3.24. The van der Waals surface area contributed by atoms with E-state index in [0.717, 1.165) is 22.1 Å². The third kappa shape index (κ3) is 2.97. The molecule has 1 fully saturated rings. The number of benzene rings is 2. The van der Waals surface area contributed by atoms with Gasteiger partial charge in [-0.25, -0.2) is 9.59 Å². The molecule has 8 nitrogen and oxygen atoms in total. The highest BCUT2D eigenvalue weighted by Crippen LogP contribution is 2.25. The summed E-state index contributed by atoms with van der Waals surface area (Å²) in [5, 5.41) is 0. The Hall–Kier alpha value is -3.55. The largest absolute Gasteiger partial charge is 0.341 e. The molecule has 148 valence electrons. The first-order chi connectivity index (χ1) is 14.1. The molecule has 0 bridgehead atoms. The van der Waals surface area contributed by atoms with Crippen molar-refractivity contribution < 1.29 is 4.79 Å². The second kappa shape index (κ2) is 6.80. The van der Waals surface area contributed by atoms with Crippen molar-refractivity contribution in [3.05, 3.63) is 69.5 Å². The zero-order valence-electron chi connectivity index (χ0n) is 15.8. The van der Waals surface area contributed by atoms with Gasteiger partial charge in [-0.15, -0.1) is 0 Å². The number of carbonyl (C=O) groups excluding carboxylic acids is 1. The zero-order chi connectivity index (χ0) is 20.0. The van der Waals surface area contributed by atoms with Crippen molar-refractivity contribution >= 4 is 28.0 Å². The Balaban J connectivity index is 1.32. The van der Waals surface area contributed by atoms with Gasteiger partial charge in [0, 0.05) is 19.1 Å². The third-order valence-electron chi connectivity index (χ3n) is 5.78. The average molecular weight is 391 g/mol. The maximum Gasteiger partial charge on any atom is 0.326 e. The molecule has 0 saturated carbocycles. The van der Waals surface area contributed by atoms with E-state index in [-0.39, 0.29) is 29.9 Å². The molecular weight excluding hydrogens is 370 g/mol. The van der Waals surface area contributed by atoms with Crippen LogP contribution in [0.5, 0.6) is 0 Å². The molecule has 1 aliphatic heterocycles.